The summed E-state index contributed by atoms with van der Waals surface area (Å²) in [4.78, 5) is 38.7. The third-order valence-electron chi connectivity index (χ3n) is 8.38. The molecule has 2 aromatic carbocycles. The van der Waals surface area contributed by atoms with E-state index in [0.29, 0.717) is 29.0 Å². The van der Waals surface area contributed by atoms with E-state index in [4.69, 9.17) is 14.8 Å². The lowest BCUT2D eigenvalue weighted by Crippen LogP contribution is -2.31. The van der Waals surface area contributed by atoms with E-state index < -0.39 is 6.03 Å². The number of hydrogen-bond acceptors (Lipinski definition) is 8. The molecular formula is C36H41N9O3. The van der Waals surface area contributed by atoms with E-state index in [-0.39, 0.29) is 17.0 Å². The Bertz CT molecular complexity index is 1950. The van der Waals surface area contributed by atoms with Gasteiger partial charge in [-0.15, -0.1) is 0 Å². The second-order valence-electron chi connectivity index (χ2n) is 13.1. The molecule has 12 nitrogen and oxygen atoms in total. The second-order valence-corrected chi connectivity index (χ2v) is 13.1. The topological polar surface area (TPSA) is 130 Å². The van der Waals surface area contributed by atoms with E-state index in [1.54, 1.807) is 48.1 Å². The van der Waals surface area contributed by atoms with Crippen LogP contribution >= 0.6 is 0 Å². The first-order valence-corrected chi connectivity index (χ1v) is 15.9. The van der Waals surface area contributed by atoms with Crippen molar-refractivity contribution in [2.45, 2.75) is 38.6 Å². The van der Waals surface area contributed by atoms with Crippen molar-refractivity contribution in [2.75, 3.05) is 49.8 Å². The minimum atomic E-state index is -0.414. The van der Waals surface area contributed by atoms with Crippen LogP contribution in [-0.4, -0.2) is 76.9 Å². The van der Waals surface area contributed by atoms with Crippen LogP contribution in [-0.2, 0) is 5.41 Å². The standard InChI is InChI=1S/C36H41N9O3/c1-36(2,3)31-21-33(41-35(47)39-24-8-11-27(12-9-24)48-28-15-17-38-30(20-28)34(46)37-4)45(42-31)25-10-13-29-23(19-25)7-14-32(40-29)44-18-16-26(22-44)43(5)6/h7-15,17,19-21,26H,16,18,22H2,1-6H3,(H,37,46)(H2,39,41,47)/t26-/m1/s1. The maximum Gasteiger partial charge on any atom is 0.324 e. The van der Waals surface area contributed by atoms with Crippen LogP contribution in [0.15, 0.2) is 79.0 Å². The molecule has 3 aromatic heterocycles. The molecular weight excluding hydrogens is 606 g/mol. The van der Waals surface area contributed by atoms with Crippen LogP contribution in [0.2, 0.25) is 0 Å². The van der Waals surface area contributed by atoms with Gasteiger partial charge in [-0.3, -0.25) is 15.1 Å². The van der Waals surface area contributed by atoms with Gasteiger partial charge in [-0.25, -0.2) is 14.5 Å². The highest BCUT2D eigenvalue weighted by molar-refractivity contribution is 5.99. The number of aromatic nitrogens is 4. The average molecular weight is 648 g/mol. The van der Waals surface area contributed by atoms with Crippen molar-refractivity contribution in [3.05, 3.63) is 90.4 Å². The number of fused-ring (bicyclic) bond motifs is 1. The molecule has 6 rings (SSSR count). The minimum absolute atomic E-state index is 0.239. The lowest BCUT2D eigenvalue weighted by Gasteiger charge is -2.21. The molecule has 1 aliphatic rings. The molecule has 0 aliphatic carbocycles. The zero-order chi connectivity index (χ0) is 34.0. The number of urea groups is 1. The van der Waals surface area contributed by atoms with Crippen molar-refractivity contribution in [2.24, 2.45) is 0 Å². The number of pyridine rings is 2. The Kier molecular flexibility index (Phi) is 9.01. The summed E-state index contributed by atoms with van der Waals surface area (Å²) in [6.45, 7) is 8.22. The zero-order valence-corrected chi connectivity index (χ0v) is 28.1. The van der Waals surface area contributed by atoms with Crippen LogP contribution in [0.4, 0.5) is 22.1 Å². The summed E-state index contributed by atoms with van der Waals surface area (Å²) in [6, 6.07) is 22.4. The fraction of sp³-hybridized carbons (Fsp3) is 0.306. The summed E-state index contributed by atoms with van der Waals surface area (Å²) in [5, 5.41) is 14.3. The largest absolute Gasteiger partial charge is 0.457 e. The van der Waals surface area contributed by atoms with Gasteiger partial charge in [-0.1, -0.05) is 20.8 Å². The molecule has 1 atom stereocenters. The number of rotatable bonds is 8. The number of carbonyl (C=O) groups excluding carboxylic acids is 2. The fourth-order valence-electron chi connectivity index (χ4n) is 5.56. The van der Waals surface area contributed by atoms with E-state index in [1.807, 2.05) is 24.3 Å². The predicted octanol–water partition coefficient (Wildman–Crippen LogP) is 6.05. The smallest absolute Gasteiger partial charge is 0.324 e. The summed E-state index contributed by atoms with van der Waals surface area (Å²) < 4.78 is 7.63. The van der Waals surface area contributed by atoms with Crippen molar-refractivity contribution in [1.29, 1.82) is 0 Å². The lowest BCUT2D eigenvalue weighted by molar-refractivity contribution is 0.0957. The normalized spacial score (nSPS) is 14.7. The molecule has 48 heavy (non-hydrogen) atoms. The average Bonchev–Trinajstić information content (AvgIpc) is 3.74. The Labute approximate surface area is 280 Å². The van der Waals surface area contributed by atoms with Crippen LogP contribution in [0.5, 0.6) is 11.5 Å². The summed E-state index contributed by atoms with van der Waals surface area (Å²) in [5.74, 6) is 2.24. The van der Waals surface area contributed by atoms with Gasteiger partial charge in [-0.2, -0.15) is 5.10 Å². The number of likely N-dealkylation sites (N-methyl/N-ethyl adjacent to an activating group) is 1. The number of anilines is 3. The molecule has 0 spiro atoms. The number of carbonyl (C=O) groups is 2. The van der Waals surface area contributed by atoms with Gasteiger partial charge in [0.15, 0.2) is 0 Å². The van der Waals surface area contributed by atoms with Crippen LogP contribution in [0.1, 0.15) is 43.4 Å². The van der Waals surface area contributed by atoms with Crippen LogP contribution < -0.4 is 25.6 Å². The van der Waals surface area contributed by atoms with E-state index in [9.17, 15) is 9.59 Å². The monoisotopic (exact) mass is 647 g/mol. The molecule has 3 amide bonds. The SMILES string of the molecule is CNC(=O)c1cc(Oc2ccc(NC(=O)Nc3cc(C(C)(C)C)nn3-c3ccc4nc(N5CC[C@@H](N(C)C)C5)ccc4c3)cc2)ccn1. The van der Waals surface area contributed by atoms with Crippen molar-refractivity contribution in [3.8, 4) is 17.2 Å². The lowest BCUT2D eigenvalue weighted by atomic mass is 9.92. The number of nitrogens with zero attached hydrogens (tertiary/aromatic N) is 6. The summed E-state index contributed by atoms with van der Waals surface area (Å²) in [5.41, 5.74) is 3.15. The molecule has 0 bridgehead atoms. The van der Waals surface area contributed by atoms with E-state index in [2.05, 4.69) is 77.7 Å². The van der Waals surface area contributed by atoms with Crippen molar-refractivity contribution in [1.82, 2.24) is 30.0 Å². The van der Waals surface area contributed by atoms with Crippen LogP contribution in [0.3, 0.4) is 0 Å². The van der Waals surface area contributed by atoms with Gasteiger partial charge in [0, 0.05) is 61.0 Å². The Morgan fingerprint density at radius 3 is 2.44 bits per heavy atom. The third-order valence-corrected chi connectivity index (χ3v) is 8.38. The fourth-order valence-corrected chi connectivity index (χ4v) is 5.56. The molecule has 0 saturated carbocycles. The number of benzene rings is 2. The Morgan fingerprint density at radius 2 is 1.73 bits per heavy atom. The maximum atomic E-state index is 13.2. The van der Waals surface area contributed by atoms with Crippen LogP contribution in [0, 0.1) is 0 Å². The zero-order valence-electron chi connectivity index (χ0n) is 28.1. The second kappa shape index (κ2) is 13.3. The summed E-state index contributed by atoms with van der Waals surface area (Å²) in [6.07, 6.45) is 2.63. The quantitative estimate of drug-likeness (QED) is 0.186. The number of nitrogens with one attached hydrogen (secondary N) is 3. The third kappa shape index (κ3) is 7.23. The van der Waals surface area contributed by atoms with Crippen molar-refractivity contribution in [3.63, 3.8) is 0 Å². The highest BCUT2D eigenvalue weighted by Gasteiger charge is 2.25. The van der Waals surface area contributed by atoms with Gasteiger partial charge in [0.2, 0.25) is 0 Å². The first-order valence-electron chi connectivity index (χ1n) is 15.9. The van der Waals surface area contributed by atoms with Crippen molar-refractivity contribution < 1.29 is 14.3 Å². The van der Waals surface area contributed by atoms with Crippen molar-refractivity contribution >= 4 is 40.2 Å². The van der Waals surface area contributed by atoms with E-state index >= 15 is 0 Å². The summed E-state index contributed by atoms with van der Waals surface area (Å²) in [7, 11) is 5.80. The van der Waals surface area contributed by atoms with E-state index in [0.717, 1.165) is 47.6 Å². The van der Waals surface area contributed by atoms with Gasteiger partial charge in [0.25, 0.3) is 5.91 Å². The molecule has 248 valence electrons. The first kappa shape index (κ1) is 32.5. The molecule has 1 saturated heterocycles. The molecule has 3 N–H and O–H groups in total. The predicted molar refractivity (Wildman–Crippen MR) is 189 cm³/mol. The molecule has 5 aromatic rings. The Balaban J connectivity index is 1.17. The Hall–Kier alpha value is -5.49. The maximum absolute atomic E-state index is 13.2. The highest BCUT2D eigenvalue weighted by Crippen LogP contribution is 2.29. The highest BCUT2D eigenvalue weighted by atomic mass is 16.5. The molecule has 0 unspecified atom stereocenters. The number of hydrogen-bond donors (Lipinski definition) is 3. The van der Waals surface area contributed by atoms with Gasteiger partial charge in [-0.05, 0) is 81.2 Å². The van der Waals surface area contributed by atoms with Gasteiger partial charge >= 0.3 is 6.03 Å². The van der Waals surface area contributed by atoms with Gasteiger partial charge in [0.05, 0.1) is 16.9 Å². The first-order chi connectivity index (χ1) is 23.0. The molecule has 0 radical (unpaired) electrons. The molecule has 1 aliphatic heterocycles. The van der Waals surface area contributed by atoms with Crippen LogP contribution in [0.25, 0.3) is 16.6 Å². The molecule has 4 heterocycles. The number of ether oxygens (including phenoxy) is 1. The molecule has 1 fully saturated rings. The van der Waals surface area contributed by atoms with E-state index in [1.165, 1.54) is 6.20 Å². The van der Waals surface area contributed by atoms with Gasteiger partial charge in [0.1, 0.15) is 28.8 Å². The minimum Gasteiger partial charge on any atom is -0.457 e. The van der Waals surface area contributed by atoms with Gasteiger partial charge < -0.3 is 25.2 Å². The molecule has 12 heteroatoms. The number of amides is 3. The Morgan fingerprint density at radius 1 is 0.938 bits per heavy atom. The summed E-state index contributed by atoms with van der Waals surface area (Å²) >= 11 is 0.